The Morgan fingerprint density at radius 1 is 0.365 bits per heavy atom. The van der Waals surface area contributed by atoms with Crippen LogP contribution in [0.3, 0.4) is 0 Å². The molecule has 0 bridgehead atoms. The predicted octanol–water partition coefficient (Wildman–Crippen LogP) is 12.9. The van der Waals surface area contributed by atoms with Crippen LogP contribution in [-0.4, -0.2) is 9.97 Å². The Labute approximate surface area is 305 Å². The third-order valence-electron chi connectivity index (χ3n) is 11.7. The SMILES string of the molecule is CC1(C)c2cc3ccccc3cc2-c2c(-c3cc(-c4ccc(-c5cccc6c5C(C)(C)c5ccccc5-6)cc4)nc(-c4ccccc4)n3)cccc21. The molecule has 0 unspecified atom stereocenters. The molecule has 0 radical (unpaired) electrons. The molecule has 8 aromatic rings. The Morgan fingerprint density at radius 3 is 1.77 bits per heavy atom. The highest BCUT2D eigenvalue weighted by Gasteiger charge is 2.38. The molecule has 2 aliphatic rings. The number of fused-ring (bicyclic) bond motifs is 7. The highest BCUT2D eigenvalue weighted by molar-refractivity contribution is 5.98. The topological polar surface area (TPSA) is 25.8 Å². The molecule has 0 N–H and O–H groups in total. The smallest absolute Gasteiger partial charge is 0.160 e. The summed E-state index contributed by atoms with van der Waals surface area (Å²) in [7, 11) is 0. The van der Waals surface area contributed by atoms with Gasteiger partial charge in [0.15, 0.2) is 5.82 Å². The van der Waals surface area contributed by atoms with Gasteiger partial charge in [0.2, 0.25) is 0 Å². The molecule has 1 heterocycles. The molecular weight excluding hydrogens is 629 g/mol. The molecule has 0 amide bonds. The Morgan fingerprint density at radius 2 is 0.962 bits per heavy atom. The van der Waals surface area contributed by atoms with E-state index in [1.165, 1.54) is 66.4 Å². The van der Waals surface area contributed by atoms with Crippen molar-refractivity contribution < 1.29 is 0 Å². The maximum Gasteiger partial charge on any atom is 0.160 e. The van der Waals surface area contributed by atoms with Crippen LogP contribution in [0.25, 0.3) is 78.1 Å². The van der Waals surface area contributed by atoms with E-state index >= 15 is 0 Å². The van der Waals surface area contributed by atoms with Gasteiger partial charge in [-0.25, -0.2) is 9.97 Å². The second kappa shape index (κ2) is 11.2. The van der Waals surface area contributed by atoms with Crippen LogP contribution in [0.1, 0.15) is 49.9 Å². The zero-order valence-electron chi connectivity index (χ0n) is 29.9. The summed E-state index contributed by atoms with van der Waals surface area (Å²) in [6, 6.07) is 57.3. The van der Waals surface area contributed by atoms with Crippen molar-refractivity contribution >= 4 is 10.8 Å². The molecule has 0 saturated heterocycles. The standard InChI is InChI=1S/C50H38N2/c1-49(2)42-23-13-21-39(46(42)40-28-34-16-8-9-17-35(34)29-43(40)49)45-30-44(51-48(52-45)33-14-6-5-7-15-33)32-26-24-31(25-27-32)36-19-12-20-38-37-18-10-11-22-41(37)50(3,4)47(36)38/h5-30H,1-4H3. The second-order valence-electron chi connectivity index (χ2n) is 15.4. The Balaban J connectivity index is 1.12. The van der Waals surface area contributed by atoms with Crippen LogP contribution >= 0.6 is 0 Å². The van der Waals surface area contributed by atoms with Crippen LogP contribution in [0.5, 0.6) is 0 Å². The Hall–Kier alpha value is -6.12. The first-order chi connectivity index (χ1) is 25.3. The van der Waals surface area contributed by atoms with Gasteiger partial charge in [-0.3, -0.25) is 0 Å². The fourth-order valence-corrected chi connectivity index (χ4v) is 9.04. The largest absolute Gasteiger partial charge is 0.228 e. The Bertz CT molecular complexity index is 2720. The minimum Gasteiger partial charge on any atom is -0.228 e. The average molecular weight is 667 g/mol. The molecule has 0 fully saturated rings. The lowest BCUT2D eigenvalue weighted by Crippen LogP contribution is -2.16. The predicted molar refractivity (Wildman–Crippen MR) is 216 cm³/mol. The Kier molecular flexibility index (Phi) is 6.60. The van der Waals surface area contributed by atoms with Gasteiger partial charge in [0.05, 0.1) is 11.4 Å². The summed E-state index contributed by atoms with van der Waals surface area (Å²) in [4.78, 5) is 10.5. The van der Waals surface area contributed by atoms with Crippen LogP contribution in [0.15, 0.2) is 158 Å². The van der Waals surface area contributed by atoms with Crippen LogP contribution in [0.2, 0.25) is 0 Å². The molecule has 0 spiro atoms. The van der Waals surface area contributed by atoms with Crippen molar-refractivity contribution in [3.8, 4) is 67.3 Å². The summed E-state index contributed by atoms with van der Waals surface area (Å²) in [6.07, 6.45) is 0. The highest BCUT2D eigenvalue weighted by atomic mass is 14.9. The van der Waals surface area contributed by atoms with Crippen molar-refractivity contribution in [2.45, 2.75) is 38.5 Å². The minimum atomic E-state index is -0.133. The van der Waals surface area contributed by atoms with E-state index in [9.17, 15) is 0 Å². The van der Waals surface area contributed by atoms with Crippen molar-refractivity contribution in [3.05, 3.63) is 180 Å². The number of rotatable bonds is 4. The molecule has 0 saturated carbocycles. The van der Waals surface area contributed by atoms with E-state index in [1.54, 1.807) is 0 Å². The average Bonchev–Trinajstić information content (AvgIpc) is 3.56. The van der Waals surface area contributed by atoms with E-state index in [2.05, 4.69) is 179 Å². The number of hydrogen-bond donors (Lipinski definition) is 0. The summed E-state index contributed by atoms with van der Waals surface area (Å²) < 4.78 is 0. The van der Waals surface area contributed by atoms with Crippen LogP contribution in [-0.2, 0) is 10.8 Å². The van der Waals surface area contributed by atoms with E-state index in [0.29, 0.717) is 0 Å². The molecule has 52 heavy (non-hydrogen) atoms. The van der Waals surface area contributed by atoms with Crippen molar-refractivity contribution in [2.24, 2.45) is 0 Å². The van der Waals surface area contributed by atoms with Crippen molar-refractivity contribution in [2.75, 3.05) is 0 Å². The fraction of sp³-hybridized carbons (Fsp3) is 0.120. The lowest BCUT2D eigenvalue weighted by molar-refractivity contribution is 0.661. The van der Waals surface area contributed by atoms with Crippen molar-refractivity contribution in [3.63, 3.8) is 0 Å². The lowest BCUT2D eigenvalue weighted by atomic mass is 9.79. The van der Waals surface area contributed by atoms with Crippen molar-refractivity contribution in [1.82, 2.24) is 9.97 Å². The zero-order chi connectivity index (χ0) is 35.2. The van der Waals surface area contributed by atoms with E-state index in [1.807, 2.05) is 6.07 Å². The first kappa shape index (κ1) is 30.7. The minimum absolute atomic E-state index is 0.0806. The van der Waals surface area contributed by atoms with E-state index < -0.39 is 0 Å². The summed E-state index contributed by atoms with van der Waals surface area (Å²) in [6.45, 7) is 9.40. The molecule has 1 aromatic heterocycles. The molecular formula is C50H38N2. The summed E-state index contributed by atoms with van der Waals surface area (Å²) in [5, 5.41) is 2.53. The summed E-state index contributed by atoms with van der Waals surface area (Å²) in [5.74, 6) is 0.728. The molecule has 248 valence electrons. The molecule has 0 aliphatic heterocycles. The highest BCUT2D eigenvalue weighted by Crippen LogP contribution is 2.54. The molecule has 2 heteroatoms. The number of hydrogen-bond acceptors (Lipinski definition) is 2. The monoisotopic (exact) mass is 666 g/mol. The van der Waals surface area contributed by atoms with Crippen LogP contribution < -0.4 is 0 Å². The normalized spacial score (nSPS) is 14.5. The third kappa shape index (κ3) is 4.50. The maximum absolute atomic E-state index is 5.29. The van der Waals surface area contributed by atoms with Gasteiger partial charge < -0.3 is 0 Å². The number of aromatic nitrogens is 2. The van der Waals surface area contributed by atoms with Crippen molar-refractivity contribution in [1.29, 1.82) is 0 Å². The molecule has 0 atom stereocenters. The van der Waals surface area contributed by atoms with Gasteiger partial charge in [0.25, 0.3) is 0 Å². The van der Waals surface area contributed by atoms with Gasteiger partial charge in [-0.15, -0.1) is 0 Å². The van der Waals surface area contributed by atoms with Gasteiger partial charge in [-0.05, 0) is 84.6 Å². The van der Waals surface area contributed by atoms with Gasteiger partial charge in [-0.2, -0.15) is 0 Å². The fourth-order valence-electron chi connectivity index (χ4n) is 9.04. The molecule has 7 aromatic carbocycles. The summed E-state index contributed by atoms with van der Waals surface area (Å²) >= 11 is 0. The third-order valence-corrected chi connectivity index (χ3v) is 11.7. The van der Waals surface area contributed by atoms with E-state index in [0.717, 1.165) is 33.9 Å². The van der Waals surface area contributed by atoms with E-state index in [-0.39, 0.29) is 10.8 Å². The summed E-state index contributed by atoms with van der Waals surface area (Å²) in [5.41, 5.74) is 18.1. The van der Waals surface area contributed by atoms with Crippen LogP contribution in [0, 0.1) is 0 Å². The molecule has 10 rings (SSSR count). The first-order valence-electron chi connectivity index (χ1n) is 18.3. The van der Waals surface area contributed by atoms with E-state index in [4.69, 9.17) is 9.97 Å². The number of nitrogens with zero attached hydrogens (tertiary/aromatic N) is 2. The lowest BCUT2D eigenvalue weighted by Gasteiger charge is -2.24. The maximum atomic E-state index is 5.29. The van der Waals surface area contributed by atoms with Gasteiger partial charge in [0.1, 0.15) is 0 Å². The van der Waals surface area contributed by atoms with Gasteiger partial charge in [0, 0.05) is 27.5 Å². The second-order valence-corrected chi connectivity index (χ2v) is 15.4. The zero-order valence-corrected chi connectivity index (χ0v) is 29.9. The molecule has 2 aliphatic carbocycles. The van der Waals surface area contributed by atoms with Gasteiger partial charge in [-0.1, -0.05) is 167 Å². The first-order valence-corrected chi connectivity index (χ1v) is 18.3. The van der Waals surface area contributed by atoms with Gasteiger partial charge >= 0.3 is 0 Å². The van der Waals surface area contributed by atoms with Crippen LogP contribution in [0.4, 0.5) is 0 Å². The molecule has 2 nitrogen and oxygen atoms in total. The quantitative estimate of drug-likeness (QED) is 0.187. The number of benzene rings is 7.